The van der Waals surface area contributed by atoms with E-state index in [2.05, 4.69) is 5.32 Å². The van der Waals surface area contributed by atoms with Gasteiger partial charge >= 0.3 is 5.97 Å². The summed E-state index contributed by atoms with van der Waals surface area (Å²) < 4.78 is 15.5. The van der Waals surface area contributed by atoms with Gasteiger partial charge in [-0.2, -0.15) is 0 Å². The Balaban J connectivity index is 1.38. The number of amides is 1. The van der Waals surface area contributed by atoms with Crippen LogP contribution in [0.1, 0.15) is 38.5 Å². The number of hydrogen-bond donors (Lipinski definition) is 1. The molecule has 1 N–H and O–H groups in total. The molecule has 0 radical (unpaired) electrons. The number of benzene rings is 1. The van der Waals surface area contributed by atoms with Crippen molar-refractivity contribution in [3.63, 3.8) is 0 Å². The fourth-order valence-corrected chi connectivity index (χ4v) is 3.01. The molecule has 0 unspecified atom stereocenters. The van der Waals surface area contributed by atoms with Crippen LogP contribution in [0.3, 0.4) is 0 Å². The molecule has 3 rings (SSSR count). The van der Waals surface area contributed by atoms with Gasteiger partial charge in [-0.1, -0.05) is 25.7 Å². The van der Waals surface area contributed by atoms with Crippen molar-refractivity contribution < 1.29 is 23.8 Å². The minimum atomic E-state index is -0.363. The van der Waals surface area contributed by atoms with E-state index < -0.39 is 0 Å². The van der Waals surface area contributed by atoms with Crippen molar-refractivity contribution in [2.45, 2.75) is 38.5 Å². The molecule has 1 heterocycles. The van der Waals surface area contributed by atoms with Gasteiger partial charge in [0.15, 0.2) is 18.1 Å². The zero-order valence-corrected chi connectivity index (χ0v) is 13.0. The van der Waals surface area contributed by atoms with Gasteiger partial charge in [-0.3, -0.25) is 9.59 Å². The minimum absolute atomic E-state index is 0.186. The summed E-state index contributed by atoms with van der Waals surface area (Å²) in [7, 11) is 0. The van der Waals surface area contributed by atoms with Crippen LogP contribution in [-0.4, -0.2) is 25.3 Å². The molecule has 23 heavy (non-hydrogen) atoms. The Bertz CT molecular complexity index is 580. The van der Waals surface area contributed by atoms with Gasteiger partial charge in [-0.25, -0.2) is 0 Å². The molecule has 1 amide bonds. The average molecular weight is 319 g/mol. The summed E-state index contributed by atoms with van der Waals surface area (Å²) in [5.41, 5.74) is 0.584. The van der Waals surface area contributed by atoms with Gasteiger partial charge in [0.25, 0.3) is 5.91 Å². The molecule has 6 heteroatoms. The molecule has 1 saturated carbocycles. The molecule has 0 spiro atoms. The molecule has 6 nitrogen and oxygen atoms in total. The van der Waals surface area contributed by atoms with E-state index in [1.807, 2.05) is 0 Å². The van der Waals surface area contributed by atoms with Crippen molar-refractivity contribution in [1.82, 2.24) is 0 Å². The van der Waals surface area contributed by atoms with Crippen molar-refractivity contribution in [1.29, 1.82) is 0 Å². The van der Waals surface area contributed by atoms with E-state index in [0.717, 1.165) is 6.42 Å². The molecule has 1 fully saturated rings. The highest BCUT2D eigenvalue weighted by atomic mass is 16.7. The van der Waals surface area contributed by atoms with Gasteiger partial charge in [0, 0.05) is 18.2 Å². The highest BCUT2D eigenvalue weighted by Crippen LogP contribution is 2.34. The van der Waals surface area contributed by atoms with Crippen molar-refractivity contribution in [2.75, 3.05) is 18.7 Å². The topological polar surface area (TPSA) is 73.9 Å². The SMILES string of the molecule is O=C(COC(=O)CCC1CCCC1)Nc1ccc2c(c1)OCO2. The zero-order valence-electron chi connectivity index (χ0n) is 13.0. The normalized spacial score (nSPS) is 16.3. The Hall–Kier alpha value is -2.24. The summed E-state index contributed by atoms with van der Waals surface area (Å²) in [4.78, 5) is 23.5. The summed E-state index contributed by atoms with van der Waals surface area (Å²) in [5, 5.41) is 2.67. The van der Waals surface area contributed by atoms with Gasteiger partial charge in [0.2, 0.25) is 6.79 Å². The summed E-state index contributed by atoms with van der Waals surface area (Å²) in [6.07, 6.45) is 6.19. The third-order valence-electron chi connectivity index (χ3n) is 4.25. The summed E-state index contributed by atoms with van der Waals surface area (Å²) in [6, 6.07) is 5.13. The maximum Gasteiger partial charge on any atom is 0.306 e. The lowest BCUT2D eigenvalue weighted by atomic mass is 10.0. The van der Waals surface area contributed by atoms with Crippen LogP contribution in [-0.2, 0) is 14.3 Å². The maximum atomic E-state index is 11.8. The molecular weight excluding hydrogens is 298 g/mol. The summed E-state index contributed by atoms with van der Waals surface area (Å²) >= 11 is 0. The molecule has 0 bridgehead atoms. The van der Waals surface area contributed by atoms with E-state index >= 15 is 0 Å². The van der Waals surface area contributed by atoms with Crippen molar-refractivity contribution in [3.05, 3.63) is 18.2 Å². The number of esters is 1. The van der Waals surface area contributed by atoms with Gasteiger partial charge in [-0.15, -0.1) is 0 Å². The quantitative estimate of drug-likeness (QED) is 0.816. The van der Waals surface area contributed by atoms with E-state index in [4.69, 9.17) is 14.2 Å². The highest BCUT2D eigenvalue weighted by Gasteiger charge is 2.17. The maximum absolute atomic E-state index is 11.8. The number of ether oxygens (including phenoxy) is 3. The molecule has 2 aliphatic rings. The number of anilines is 1. The van der Waals surface area contributed by atoms with Crippen LogP contribution in [0.15, 0.2) is 18.2 Å². The number of rotatable bonds is 6. The second kappa shape index (κ2) is 7.35. The zero-order chi connectivity index (χ0) is 16.1. The summed E-state index contributed by atoms with van der Waals surface area (Å²) in [5.74, 6) is 1.22. The Morgan fingerprint density at radius 2 is 1.96 bits per heavy atom. The van der Waals surface area contributed by atoms with Gasteiger partial charge in [0.1, 0.15) is 0 Å². The van der Waals surface area contributed by atoms with E-state index in [-0.39, 0.29) is 25.3 Å². The third kappa shape index (κ3) is 4.37. The van der Waals surface area contributed by atoms with Gasteiger partial charge in [-0.05, 0) is 24.5 Å². The second-order valence-electron chi connectivity index (χ2n) is 5.97. The molecule has 1 aromatic carbocycles. The molecule has 1 aliphatic heterocycles. The molecule has 0 atom stereocenters. The standard InChI is InChI=1S/C17H21NO5/c19-16(10-21-17(20)8-5-12-3-1-2-4-12)18-13-6-7-14-15(9-13)23-11-22-14/h6-7,9,12H,1-5,8,10-11H2,(H,18,19). The smallest absolute Gasteiger partial charge is 0.306 e. The van der Waals surface area contributed by atoms with E-state index in [1.165, 1.54) is 25.7 Å². The fraction of sp³-hybridized carbons (Fsp3) is 0.529. The van der Waals surface area contributed by atoms with Crippen LogP contribution in [0.25, 0.3) is 0 Å². The lowest BCUT2D eigenvalue weighted by molar-refractivity contribution is -0.147. The van der Waals surface area contributed by atoms with Crippen molar-refractivity contribution in [3.8, 4) is 11.5 Å². The first kappa shape index (κ1) is 15.6. The molecule has 0 aromatic heterocycles. The third-order valence-corrected chi connectivity index (χ3v) is 4.25. The number of carbonyl (C=O) groups excluding carboxylic acids is 2. The second-order valence-corrected chi connectivity index (χ2v) is 5.97. The van der Waals surface area contributed by atoms with Crippen LogP contribution >= 0.6 is 0 Å². The number of hydrogen-bond acceptors (Lipinski definition) is 5. The van der Waals surface area contributed by atoms with Crippen LogP contribution < -0.4 is 14.8 Å². The lowest BCUT2D eigenvalue weighted by Gasteiger charge is -2.09. The highest BCUT2D eigenvalue weighted by molar-refractivity contribution is 5.93. The fourth-order valence-electron chi connectivity index (χ4n) is 3.01. The van der Waals surface area contributed by atoms with Crippen LogP contribution in [0.5, 0.6) is 11.5 Å². The number of carbonyl (C=O) groups is 2. The Kier molecular flexibility index (Phi) is 5.00. The number of nitrogens with one attached hydrogen (secondary N) is 1. The Labute approximate surface area is 135 Å². The molecular formula is C17H21NO5. The van der Waals surface area contributed by atoms with Gasteiger partial charge < -0.3 is 19.5 Å². The summed E-state index contributed by atoms with van der Waals surface area (Å²) in [6.45, 7) is -0.0801. The average Bonchev–Trinajstić information content (AvgIpc) is 3.21. The predicted molar refractivity (Wildman–Crippen MR) is 83.3 cm³/mol. The van der Waals surface area contributed by atoms with Gasteiger partial charge in [0.05, 0.1) is 0 Å². The lowest BCUT2D eigenvalue weighted by Crippen LogP contribution is -2.21. The van der Waals surface area contributed by atoms with Crippen LogP contribution in [0.2, 0.25) is 0 Å². The van der Waals surface area contributed by atoms with Crippen LogP contribution in [0, 0.1) is 5.92 Å². The molecule has 124 valence electrons. The molecule has 1 aromatic rings. The number of fused-ring (bicyclic) bond motifs is 1. The van der Waals surface area contributed by atoms with E-state index in [0.29, 0.717) is 29.5 Å². The predicted octanol–water partition coefficient (Wildman–Crippen LogP) is 2.87. The Morgan fingerprint density at radius 3 is 2.78 bits per heavy atom. The van der Waals surface area contributed by atoms with E-state index in [1.54, 1.807) is 18.2 Å². The first-order valence-corrected chi connectivity index (χ1v) is 8.06. The van der Waals surface area contributed by atoms with Crippen molar-refractivity contribution in [2.24, 2.45) is 5.92 Å². The molecule has 1 aliphatic carbocycles. The van der Waals surface area contributed by atoms with Crippen LogP contribution in [0.4, 0.5) is 5.69 Å². The monoisotopic (exact) mass is 319 g/mol. The largest absolute Gasteiger partial charge is 0.456 e. The molecule has 0 saturated heterocycles. The first-order chi connectivity index (χ1) is 11.2. The first-order valence-electron chi connectivity index (χ1n) is 8.06. The minimum Gasteiger partial charge on any atom is -0.456 e. The van der Waals surface area contributed by atoms with E-state index in [9.17, 15) is 9.59 Å². The van der Waals surface area contributed by atoms with Crippen molar-refractivity contribution >= 4 is 17.6 Å². The Morgan fingerprint density at radius 1 is 1.17 bits per heavy atom.